The average molecular weight is 397 g/mol. The lowest BCUT2D eigenvalue weighted by Crippen LogP contribution is -2.57. The Kier molecular flexibility index (Phi) is 5.45. The van der Waals surface area contributed by atoms with Gasteiger partial charge in [-0.15, -0.1) is 0 Å². The topological polar surface area (TPSA) is 95.5 Å². The van der Waals surface area contributed by atoms with E-state index in [-0.39, 0.29) is 12.2 Å². The summed E-state index contributed by atoms with van der Waals surface area (Å²) in [6.07, 6.45) is -0.240. The smallest absolute Gasteiger partial charge is 0.230 e. The number of nitrogens with one attached hydrogen (secondary N) is 2. The number of hydrogen-bond acceptors (Lipinski definition) is 4. The minimum Gasteiger partial charge on any atom is -0.389 e. The van der Waals surface area contributed by atoms with Crippen molar-refractivity contribution in [1.29, 1.82) is 0 Å². The number of benzene rings is 1. The van der Waals surface area contributed by atoms with E-state index in [1.807, 2.05) is 0 Å². The molecule has 0 bridgehead atoms. The molecule has 1 aromatic carbocycles. The van der Waals surface area contributed by atoms with Gasteiger partial charge in [-0.2, -0.15) is 0 Å². The van der Waals surface area contributed by atoms with Crippen molar-refractivity contribution in [3.8, 4) is 0 Å². The second kappa shape index (κ2) is 7.03. The number of ketones is 1. The number of carbonyl (C=O) groups excluding carboxylic acids is 3. The molecule has 24 heavy (non-hydrogen) atoms. The van der Waals surface area contributed by atoms with E-state index in [1.54, 1.807) is 24.3 Å². The molecule has 1 aliphatic rings. The third-order valence-electron chi connectivity index (χ3n) is 4.58. The summed E-state index contributed by atoms with van der Waals surface area (Å²) >= 11 is 3.34. The molecule has 1 aliphatic carbocycles. The van der Waals surface area contributed by atoms with E-state index < -0.39 is 35.2 Å². The van der Waals surface area contributed by atoms with Crippen LogP contribution in [0.4, 0.5) is 0 Å². The maximum atomic E-state index is 12.6. The Labute approximate surface area is 149 Å². The Hall–Kier alpha value is -1.73. The highest BCUT2D eigenvalue weighted by atomic mass is 79.9. The Morgan fingerprint density at radius 1 is 1.17 bits per heavy atom. The molecule has 0 heterocycles. The van der Waals surface area contributed by atoms with Crippen molar-refractivity contribution in [2.24, 2.45) is 11.8 Å². The third kappa shape index (κ3) is 3.37. The van der Waals surface area contributed by atoms with Gasteiger partial charge in [0.2, 0.25) is 11.8 Å². The molecule has 1 fully saturated rings. The molecular weight excluding hydrogens is 376 g/mol. The zero-order chi connectivity index (χ0) is 18.1. The van der Waals surface area contributed by atoms with Gasteiger partial charge in [0, 0.05) is 30.9 Å². The van der Waals surface area contributed by atoms with Crippen LogP contribution in [0.5, 0.6) is 0 Å². The second-order valence-electron chi connectivity index (χ2n) is 6.26. The van der Waals surface area contributed by atoms with Gasteiger partial charge in [0.05, 0.1) is 11.5 Å². The van der Waals surface area contributed by atoms with Crippen LogP contribution < -0.4 is 10.6 Å². The molecule has 0 unspecified atom stereocenters. The summed E-state index contributed by atoms with van der Waals surface area (Å²) in [7, 11) is 2.93. The number of aliphatic hydroxyl groups is 1. The van der Waals surface area contributed by atoms with Crippen molar-refractivity contribution in [1.82, 2.24) is 10.6 Å². The Bertz CT molecular complexity index is 657. The van der Waals surface area contributed by atoms with Crippen LogP contribution in [0.25, 0.3) is 0 Å². The average Bonchev–Trinajstić information content (AvgIpc) is 2.53. The summed E-state index contributed by atoms with van der Waals surface area (Å²) in [5.74, 6) is -3.88. The van der Waals surface area contributed by atoms with Gasteiger partial charge < -0.3 is 15.7 Å². The lowest BCUT2D eigenvalue weighted by molar-refractivity contribution is -0.153. The van der Waals surface area contributed by atoms with E-state index in [0.717, 1.165) is 4.47 Å². The van der Waals surface area contributed by atoms with Gasteiger partial charge in [0.1, 0.15) is 11.7 Å². The fourth-order valence-electron chi connectivity index (χ4n) is 3.49. The van der Waals surface area contributed by atoms with E-state index in [4.69, 9.17) is 0 Å². The van der Waals surface area contributed by atoms with E-state index in [9.17, 15) is 19.5 Å². The molecule has 1 saturated carbocycles. The van der Waals surface area contributed by atoms with Crippen LogP contribution in [0, 0.1) is 11.8 Å². The highest BCUT2D eigenvalue weighted by molar-refractivity contribution is 9.10. The quantitative estimate of drug-likeness (QED) is 0.663. The van der Waals surface area contributed by atoms with Crippen molar-refractivity contribution in [2.75, 3.05) is 14.1 Å². The Morgan fingerprint density at radius 2 is 1.71 bits per heavy atom. The summed E-state index contributed by atoms with van der Waals surface area (Å²) in [6.45, 7) is 1.47. The number of amides is 2. The molecule has 1 aromatic rings. The molecule has 2 amide bonds. The maximum absolute atomic E-state index is 12.6. The van der Waals surface area contributed by atoms with Gasteiger partial charge in [-0.3, -0.25) is 14.4 Å². The van der Waals surface area contributed by atoms with E-state index in [1.165, 1.54) is 21.0 Å². The summed E-state index contributed by atoms with van der Waals surface area (Å²) in [4.78, 5) is 37.4. The van der Waals surface area contributed by atoms with Crippen LogP contribution in [0.2, 0.25) is 0 Å². The van der Waals surface area contributed by atoms with Crippen LogP contribution in [0.15, 0.2) is 28.7 Å². The molecular formula is C17H21BrN2O4. The monoisotopic (exact) mass is 396 g/mol. The molecule has 0 aliphatic heterocycles. The van der Waals surface area contributed by atoms with Crippen molar-refractivity contribution in [3.05, 3.63) is 34.3 Å². The molecule has 4 atom stereocenters. The van der Waals surface area contributed by atoms with Crippen molar-refractivity contribution >= 4 is 33.5 Å². The minimum absolute atomic E-state index is 0.240. The SMILES string of the molecule is CNC(=O)[C@@H]1C(=O)C[C@@](C)(O)[C@@H](C(=O)NC)[C@H]1c1ccc(Br)cc1. The first kappa shape index (κ1) is 18.6. The molecule has 3 N–H and O–H groups in total. The van der Waals surface area contributed by atoms with Gasteiger partial charge in [-0.1, -0.05) is 28.1 Å². The fraction of sp³-hybridized carbons (Fsp3) is 0.471. The number of hydrogen-bond donors (Lipinski definition) is 3. The van der Waals surface area contributed by atoms with Crippen molar-refractivity contribution in [3.63, 3.8) is 0 Å². The van der Waals surface area contributed by atoms with Crippen LogP contribution in [0.3, 0.4) is 0 Å². The zero-order valence-electron chi connectivity index (χ0n) is 13.8. The van der Waals surface area contributed by atoms with Crippen LogP contribution in [-0.2, 0) is 14.4 Å². The summed E-state index contributed by atoms with van der Waals surface area (Å²) < 4.78 is 0.841. The Morgan fingerprint density at radius 3 is 2.21 bits per heavy atom. The molecule has 0 aromatic heterocycles. The standard InChI is InChI=1S/C17H21BrN2O4/c1-17(24)8-11(21)13(15(22)19-2)12(14(17)16(23)20-3)9-4-6-10(18)7-5-9/h4-7,12-14,24H,8H2,1-3H3,(H,19,22)(H,20,23)/t12-,13+,14+,17+/m0/s1. The number of rotatable bonds is 3. The van der Waals surface area contributed by atoms with Gasteiger partial charge in [-0.05, 0) is 24.6 Å². The lowest BCUT2D eigenvalue weighted by Gasteiger charge is -2.44. The number of halogens is 1. The van der Waals surface area contributed by atoms with Crippen LogP contribution in [0.1, 0.15) is 24.8 Å². The van der Waals surface area contributed by atoms with Gasteiger partial charge >= 0.3 is 0 Å². The van der Waals surface area contributed by atoms with E-state index in [2.05, 4.69) is 26.6 Å². The fourth-order valence-corrected chi connectivity index (χ4v) is 3.75. The molecule has 0 spiro atoms. The normalized spacial score (nSPS) is 29.9. The third-order valence-corrected chi connectivity index (χ3v) is 5.11. The molecule has 0 radical (unpaired) electrons. The molecule has 0 saturated heterocycles. The maximum Gasteiger partial charge on any atom is 0.230 e. The first-order chi connectivity index (χ1) is 11.2. The van der Waals surface area contributed by atoms with Crippen LogP contribution >= 0.6 is 15.9 Å². The number of carbonyl (C=O) groups is 3. The lowest BCUT2D eigenvalue weighted by atomic mass is 9.61. The first-order valence-corrected chi connectivity index (χ1v) is 8.46. The van der Waals surface area contributed by atoms with Gasteiger partial charge in [-0.25, -0.2) is 0 Å². The first-order valence-electron chi connectivity index (χ1n) is 7.66. The summed E-state index contributed by atoms with van der Waals surface area (Å²) in [6, 6.07) is 7.08. The van der Waals surface area contributed by atoms with Gasteiger partial charge in [0.25, 0.3) is 0 Å². The van der Waals surface area contributed by atoms with Crippen LogP contribution in [-0.4, -0.2) is 42.4 Å². The second-order valence-corrected chi connectivity index (χ2v) is 7.18. The number of Topliss-reactive ketones (excluding diaryl/α,β-unsaturated/α-hetero) is 1. The summed E-state index contributed by atoms with van der Waals surface area (Å²) in [5, 5.41) is 15.8. The zero-order valence-corrected chi connectivity index (χ0v) is 15.4. The minimum atomic E-state index is -1.53. The molecule has 7 heteroatoms. The van der Waals surface area contributed by atoms with Crippen molar-refractivity contribution in [2.45, 2.75) is 24.9 Å². The predicted octanol–water partition coefficient (Wildman–Crippen LogP) is 0.981. The highest BCUT2D eigenvalue weighted by Gasteiger charge is 2.55. The molecule has 2 rings (SSSR count). The van der Waals surface area contributed by atoms with Crippen molar-refractivity contribution < 1.29 is 19.5 Å². The highest BCUT2D eigenvalue weighted by Crippen LogP contribution is 2.46. The van der Waals surface area contributed by atoms with E-state index in [0.29, 0.717) is 5.56 Å². The van der Waals surface area contributed by atoms with Gasteiger partial charge in [0.15, 0.2) is 0 Å². The summed E-state index contributed by atoms with van der Waals surface area (Å²) in [5.41, 5.74) is -0.867. The molecule has 6 nitrogen and oxygen atoms in total. The Balaban J connectivity index is 2.63. The largest absolute Gasteiger partial charge is 0.389 e. The molecule has 130 valence electrons. The predicted molar refractivity (Wildman–Crippen MR) is 92.2 cm³/mol. The van der Waals surface area contributed by atoms with E-state index >= 15 is 0 Å².